The molecule has 4 nitrogen and oxygen atoms in total. The fraction of sp³-hybridized carbons (Fsp3) is 0.667. The van der Waals surface area contributed by atoms with E-state index in [1.54, 1.807) is 0 Å². The topological polar surface area (TPSA) is 37.3 Å². The van der Waals surface area contributed by atoms with Gasteiger partial charge in [-0.05, 0) is 31.9 Å². The average Bonchev–Trinajstić information content (AvgIpc) is 2.98. The van der Waals surface area contributed by atoms with Crippen molar-refractivity contribution in [3.8, 4) is 0 Å². The maximum atomic E-state index is 11.6. The minimum atomic E-state index is 0.308. The Morgan fingerprint density at radius 1 is 1.47 bits per heavy atom. The van der Waals surface area contributed by atoms with Gasteiger partial charge in [-0.1, -0.05) is 6.92 Å². The zero-order chi connectivity index (χ0) is 13.7. The van der Waals surface area contributed by atoms with E-state index in [-0.39, 0.29) is 0 Å². The molecule has 1 aromatic rings. The van der Waals surface area contributed by atoms with Crippen molar-refractivity contribution < 1.29 is 4.79 Å². The van der Waals surface area contributed by atoms with E-state index in [1.165, 1.54) is 5.69 Å². The van der Waals surface area contributed by atoms with Gasteiger partial charge in [-0.2, -0.15) is 0 Å². The largest absolute Gasteiger partial charge is 0.350 e. The van der Waals surface area contributed by atoms with Crippen LogP contribution in [0.2, 0.25) is 0 Å². The summed E-state index contributed by atoms with van der Waals surface area (Å²) in [5.74, 6) is 0.308. The van der Waals surface area contributed by atoms with Gasteiger partial charge in [0.1, 0.15) is 0 Å². The highest BCUT2D eigenvalue weighted by atomic mass is 16.2. The molecular weight excluding hydrogens is 238 g/mol. The first-order valence-electron chi connectivity index (χ1n) is 7.36. The summed E-state index contributed by atoms with van der Waals surface area (Å²) in [5.41, 5.74) is 1.32. The summed E-state index contributed by atoms with van der Waals surface area (Å²) >= 11 is 0. The average molecular weight is 263 g/mol. The molecule has 0 bridgehead atoms. The molecule has 1 fully saturated rings. The van der Waals surface area contributed by atoms with E-state index in [0.29, 0.717) is 11.9 Å². The second-order valence-corrected chi connectivity index (χ2v) is 5.42. The fourth-order valence-corrected chi connectivity index (χ4v) is 2.64. The molecule has 0 radical (unpaired) electrons. The Balaban J connectivity index is 1.78. The Morgan fingerprint density at radius 3 is 3.00 bits per heavy atom. The first-order chi connectivity index (χ1) is 9.20. The number of nitrogens with zero attached hydrogens (tertiary/aromatic N) is 2. The number of hydrogen-bond donors (Lipinski definition) is 1. The van der Waals surface area contributed by atoms with Crippen LogP contribution >= 0.6 is 0 Å². The molecule has 1 aromatic heterocycles. The van der Waals surface area contributed by atoms with Gasteiger partial charge < -0.3 is 14.8 Å². The number of nitrogens with one attached hydrogen (secondary N) is 1. The first-order valence-corrected chi connectivity index (χ1v) is 7.36. The number of amides is 1. The molecule has 2 rings (SSSR count). The Hall–Kier alpha value is -1.29. The molecule has 1 saturated heterocycles. The van der Waals surface area contributed by atoms with Crippen molar-refractivity contribution in [1.82, 2.24) is 14.8 Å². The van der Waals surface area contributed by atoms with Crippen LogP contribution in [0.1, 0.15) is 38.8 Å². The van der Waals surface area contributed by atoms with Crippen molar-refractivity contribution in [2.75, 3.05) is 13.1 Å². The quantitative estimate of drug-likeness (QED) is 0.817. The fourth-order valence-electron chi connectivity index (χ4n) is 2.64. The summed E-state index contributed by atoms with van der Waals surface area (Å²) < 4.78 is 2.29. The molecule has 2 heterocycles. The van der Waals surface area contributed by atoms with Crippen LogP contribution in [0.3, 0.4) is 0 Å². The molecule has 1 aliphatic heterocycles. The predicted octanol–water partition coefficient (Wildman–Crippen LogP) is 2.00. The van der Waals surface area contributed by atoms with E-state index in [9.17, 15) is 4.79 Å². The van der Waals surface area contributed by atoms with Crippen molar-refractivity contribution in [3.05, 3.63) is 24.0 Å². The molecule has 1 N–H and O–H groups in total. The SMILES string of the molecule is CCCn1cccc1CNC(C)CN1CCCC1=O. The van der Waals surface area contributed by atoms with Crippen molar-refractivity contribution in [3.63, 3.8) is 0 Å². The van der Waals surface area contributed by atoms with E-state index < -0.39 is 0 Å². The lowest BCUT2D eigenvalue weighted by Crippen LogP contribution is -2.39. The molecule has 0 spiro atoms. The van der Waals surface area contributed by atoms with Gasteiger partial charge in [0.05, 0.1) is 0 Å². The normalized spacial score (nSPS) is 17.2. The van der Waals surface area contributed by atoms with Crippen molar-refractivity contribution >= 4 is 5.91 Å². The lowest BCUT2D eigenvalue weighted by atomic mass is 10.3. The Kier molecular flexibility index (Phi) is 5.02. The molecule has 0 aromatic carbocycles. The van der Waals surface area contributed by atoms with Gasteiger partial charge in [0.25, 0.3) is 0 Å². The van der Waals surface area contributed by atoms with Gasteiger partial charge in [0.15, 0.2) is 0 Å². The highest BCUT2D eigenvalue weighted by molar-refractivity contribution is 5.78. The number of rotatable bonds is 7. The molecule has 106 valence electrons. The van der Waals surface area contributed by atoms with E-state index >= 15 is 0 Å². The van der Waals surface area contributed by atoms with Gasteiger partial charge in [0.2, 0.25) is 5.91 Å². The third-order valence-electron chi connectivity index (χ3n) is 3.69. The van der Waals surface area contributed by atoms with E-state index in [4.69, 9.17) is 0 Å². The maximum absolute atomic E-state index is 11.6. The summed E-state index contributed by atoms with van der Waals surface area (Å²) in [5, 5.41) is 3.52. The first kappa shape index (κ1) is 14.1. The lowest BCUT2D eigenvalue weighted by molar-refractivity contribution is -0.127. The van der Waals surface area contributed by atoms with Crippen molar-refractivity contribution in [2.45, 2.75) is 52.2 Å². The second kappa shape index (κ2) is 6.75. The van der Waals surface area contributed by atoms with Crippen LogP contribution in [0.4, 0.5) is 0 Å². The predicted molar refractivity (Wildman–Crippen MR) is 76.8 cm³/mol. The molecule has 0 saturated carbocycles. The van der Waals surface area contributed by atoms with Crippen molar-refractivity contribution in [2.24, 2.45) is 0 Å². The molecule has 4 heteroatoms. The summed E-state index contributed by atoms with van der Waals surface area (Å²) in [6, 6.07) is 4.60. The summed E-state index contributed by atoms with van der Waals surface area (Å²) in [4.78, 5) is 13.6. The highest BCUT2D eigenvalue weighted by Gasteiger charge is 2.21. The summed E-state index contributed by atoms with van der Waals surface area (Å²) in [6.45, 7) is 8.04. The standard InChI is InChI=1S/C15H25N3O/c1-3-8-17-9-4-6-14(17)11-16-13(2)12-18-10-5-7-15(18)19/h4,6,9,13,16H,3,5,7-8,10-12H2,1-2H3. The minimum absolute atomic E-state index is 0.308. The molecule has 1 amide bonds. The van der Waals surface area contributed by atoms with Crippen LogP contribution in [0, 0.1) is 0 Å². The number of aromatic nitrogens is 1. The zero-order valence-corrected chi connectivity index (χ0v) is 12.1. The van der Waals surface area contributed by atoms with Gasteiger partial charge in [-0.3, -0.25) is 4.79 Å². The molecule has 1 aliphatic rings. The smallest absolute Gasteiger partial charge is 0.222 e. The van der Waals surface area contributed by atoms with E-state index in [2.05, 4.69) is 42.1 Å². The molecule has 1 unspecified atom stereocenters. The van der Waals surface area contributed by atoms with E-state index in [0.717, 1.165) is 45.4 Å². The highest BCUT2D eigenvalue weighted by Crippen LogP contribution is 2.10. The Labute approximate surface area is 115 Å². The zero-order valence-electron chi connectivity index (χ0n) is 12.1. The maximum Gasteiger partial charge on any atom is 0.222 e. The van der Waals surface area contributed by atoms with Crippen LogP contribution in [-0.4, -0.2) is 34.5 Å². The van der Waals surface area contributed by atoms with Crippen LogP contribution in [-0.2, 0) is 17.9 Å². The molecule has 19 heavy (non-hydrogen) atoms. The molecule has 0 aliphatic carbocycles. The van der Waals surface area contributed by atoms with Crippen LogP contribution in [0.25, 0.3) is 0 Å². The Morgan fingerprint density at radius 2 is 2.32 bits per heavy atom. The number of likely N-dealkylation sites (tertiary alicyclic amines) is 1. The number of aryl methyl sites for hydroxylation is 1. The lowest BCUT2D eigenvalue weighted by Gasteiger charge is -2.22. The van der Waals surface area contributed by atoms with Crippen LogP contribution in [0.15, 0.2) is 18.3 Å². The van der Waals surface area contributed by atoms with Crippen LogP contribution < -0.4 is 5.32 Å². The third kappa shape index (κ3) is 3.83. The number of carbonyl (C=O) groups excluding carboxylic acids is 1. The van der Waals surface area contributed by atoms with E-state index in [1.807, 2.05) is 4.90 Å². The van der Waals surface area contributed by atoms with Gasteiger partial charge in [-0.15, -0.1) is 0 Å². The number of hydrogen-bond acceptors (Lipinski definition) is 2. The minimum Gasteiger partial charge on any atom is -0.350 e. The summed E-state index contributed by atoms with van der Waals surface area (Å²) in [7, 11) is 0. The number of carbonyl (C=O) groups is 1. The molecular formula is C15H25N3O. The molecule has 1 atom stereocenters. The third-order valence-corrected chi connectivity index (χ3v) is 3.69. The monoisotopic (exact) mass is 263 g/mol. The second-order valence-electron chi connectivity index (χ2n) is 5.42. The van der Waals surface area contributed by atoms with Gasteiger partial charge in [-0.25, -0.2) is 0 Å². The summed E-state index contributed by atoms with van der Waals surface area (Å²) in [6.07, 6.45) is 5.03. The Bertz CT molecular complexity index is 413. The van der Waals surface area contributed by atoms with Crippen LogP contribution in [0.5, 0.6) is 0 Å². The van der Waals surface area contributed by atoms with Crippen molar-refractivity contribution in [1.29, 1.82) is 0 Å². The van der Waals surface area contributed by atoms with Gasteiger partial charge >= 0.3 is 0 Å². The van der Waals surface area contributed by atoms with Gasteiger partial charge in [0, 0.05) is 50.5 Å².